The molecule has 3 fully saturated rings. The number of halogens is 6. The lowest BCUT2D eigenvalue weighted by atomic mass is 10.0. The third kappa shape index (κ3) is 5.31. The Morgan fingerprint density at radius 3 is 2.32 bits per heavy atom. The molecule has 14 heteroatoms. The maximum Gasteiger partial charge on any atom is 0.418 e. The Kier molecular flexibility index (Phi) is 6.53. The average Bonchev–Trinajstić information content (AvgIpc) is 2.77. The van der Waals surface area contributed by atoms with Crippen molar-refractivity contribution in [1.82, 2.24) is 20.1 Å². The zero-order chi connectivity index (χ0) is 24.7. The molecule has 3 aliphatic heterocycles. The normalized spacial score (nSPS) is 24.5. The van der Waals surface area contributed by atoms with Gasteiger partial charge >= 0.3 is 18.4 Å². The van der Waals surface area contributed by atoms with Gasteiger partial charge in [0.2, 0.25) is 11.8 Å². The highest BCUT2D eigenvalue weighted by molar-refractivity contribution is 5.79. The highest BCUT2D eigenvalue weighted by Gasteiger charge is 2.44. The van der Waals surface area contributed by atoms with Crippen molar-refractivity contribution in [2.75, 3.05) is 32.8 Å². The standard InChI is InChI=1S/C20H22F6N4O4/c21-19(22,23)12-7-17(27-8-13(12)20(24,25)26)34-11-1-4-29(5-2-11)18(32)30-6-3-15-14(9-30)28-16(31)10-33-15/h7-8,11,14-15H,1-6,9-10H2,(H,28,31)/t14-,15+/m1/s1. The van der Waals surface area contributed by atoms with Gasteiger partial charge in [-0.1, -0.05) is 0 Å². The highest BCUT2D eigenvalue weighted by Crippen LogP contribution is 2.41. The number of piperidine rings is 2. The Hall–Kier alpha value is -2.77. The SMILES string of the molecule is O=C1CO[C@H]2CCN(C(=O)N3CCC(Oc4cc(C(F)(F)F)c(C(F)(F)F)cn4)CC3)C[C@H]2N1. The minimum absolute atomic E-state index is 0.000873. The van der Waals surface area contributed by atoms with Gasteiger partial charge in [0.25, 0.3) is 0 Å². The molecule has 0 saturated carbocycles. The first-order valence-corrected chi connectivity index (χ1v) is 10.7. The summed E-state index contributed by atoms with van der Waals surface area (Å²) in [6, 6.07) is -0.262. The number of alkyl halides is 6. The molecule has 3 aliphatic rings. The second-order valence-corrected chi connectivity index (χ2v) is 8.41. The van der Waals surface area contributed by atoms with E-state index in [2.05, 4.69) is 10.3 Å². The molecule has 34 heavy (non-hydrogen) atoms. The summed E-state index contributed by atoms with van der Waals surface area (Å²) in [5, 5.41) is 2.81. The van der Waals surface area contributed by atoms with E-state index in [0.29, 0.717) is 19.5 Å². The summed E-state index contributed by atoms with van der Waals surface area (Å²) in [5.74, 6) is -0.792. The number of carbonyl (C=O) groups is 2. The second-order valence-electron chi connectivity index (χ2n) is 8.41. The first-order valence-electron chi connectivity index (χ1n) is 10.7. The Balaban J connectivity index is 1.33. The Bertz CT molecular complexity index is 933. The number of carbonyl (C=O) groups excluding carboxylic acids is 2. The number of fused-ring (bicyclic) bond motifs is 1. The number of amides is 3. The smallest absolute Gasteiger partial charge is 0.418 e. The molecule has 0 bridgehead atoms. The van der Waals surface area contributed by atoms with Crippen LogP contribution in [0.25, 0.3) is 0 Å². The summed E-state index contributed by atoms with van der Waals surface area (Å²) in [4.78, 5) is 31.0. The monoisotopic (exact) mass is 496 g/mol. The molecule has 1 N–H and O–H groups in total. The van der Waals surface area contributed by atoms with Gasteiger partial charge in [0.1, 0.15) is 12.7 Å². The fraction of sp³-hybridized carbons (Fsp3) is 0.650. The van der Waals surface area contributed by atoms with Crippen molar-refractivity contribution >= 4 is 11.9 Å². The molecule has 1 aromatic heterocycles. The molecular weight excluding hydrogens is 474 g/mol. The molecule has 0 radical (unpaired) electrons. The van der Waals surface area contributed by atoms with Crippen LogP contribution in [0, 0.1) is 0 Å². The van der Waals surface area contributed by atoms with E-state index in [4.69, 9.17) is 9.47 Å². The minimum atomic E-state index is -5.22. The van der Waals surface area contributed by atoms with Crippen molar-refractivity contribution in [1.29, 1.82) is 0 Å². The topological polar surface area (TPSA) is 84.0 Å². The highest BCUT2D eigenvalue weighted by atomic mass is 19.4. The van der Waals surface area contributed by atoms with Crippen LogP contribution < -0.4 is 10.1 Å². The molecule has 0 aliphatic carbocycles. The predicted molar refractivity (Wildman–Crippen MR) is 103 cm³/mol. The zero-order valence-corrected chi connectivity index (χ0v) is 17.8. The number of nitrogens with one attached hydrogen (secondary N) is 1. The maximum absolute atomic E-state index is 13.1. The van der Waals surface area contributed by atoms with Crippen LogP contribution in [-0.4, -0.2) is 77.8 Å². The number of urea groups is 1. The van der Waals surface area contributed by atoms with Crippen molar-refractivity contribution in [3.63, 3.8) is 0 Å². The van der Waals surface area contributed by atoms with Crippen LogP contribution in [0.3, 0.4) is 0 Å². The fourth-order valence-corrected chi connectivity index (χ4v) is 4.37. The van der Waals surface area contributed by atoms with E-state index >= 15 is 0 Å². The summed E-state index contributed by atoms with van der Waals surface area (Å²) in [7, 11) is 0. The third-order valence-electron chi connectivity index (χ3n) is 6.08. The van der Waals surface area contributed by atoms with Gasteiger partial charge in [0.15, 0.2) is 0 Å². The molecule has 188 valence electrons. The summed E-state index contributed by atoms with van der Waals surface area (Å²) in [6.45, 7) is 1.28. The molecule has 4 heterocycles. The number of ether oxygens (including phenoxy) is 2. The Morgan fingerprint density at radius 2 is 1.68 bits per heavy atom. The van der Waals surface area contributed by atoms with E-state index in [1.807, 2.05) is 0 Å². The lowest BCUT2D eigenvalue weighted by Gasteiger charge is -2.43. The van der Waals surface area contributed by atoms with Crippen LogP contribution in [0.15, 0.2) is 12.3 Å². The van der Waals surface area contributed by atoms with Crippen LogP contribution in [0.2, 0.25) is 0 Å². The first kappa shape index (κ1) is 24.4. The van der Waals surface area contributed by atoms with Gasteiger partial charge in [-0.2, -0.15) is 26.3 Å². The minimum Gasteiger partial charge on any atom is -0.474 e. The molecule has 4 rings (SSSR count). The van der Waals surface area contributed by atoms with Crippen LogP contribution in [0.1, 0.15) is 30.4 Å². The van der Waals surface area contributed by atoms with Crippen molar-refractivity contribution in [3.8, 4) is 5.88 Å². The van der Waals surface area contributed by atoms with E-state index < -0.39 is 35.5 Å². The number of aromatic nitrogens is 1. The number of likely N-dealkylation sites (tertiary alicyclic amines) is 2. The largest absolute Gasteiger partial charge is 0.474 e. The lowest BCUT2D eigenvalue weighted by Crippen LogP contribution is -2.62. The van der Waals surface area contributed by atoms with E-state index in [0.717, 1.165) is 0 Å². The van der Waals surface area contributed by atoms with Gasteiger partial charge in [-0.05, 0) is 6.42 Å². The first-order chi connectivity index (χ1) is 15.9. The summed E-state index contributed by atoms with van der Waals surface area (Å²) in [6.07, 6.45) is -9.93. The fourth-order valence-electron chi connectivity index (χ4n) is 4.37. The zero-order valence-electron chi connectivity index (χ0n) is 17.8. The number of pyridine rings is 1. The Morgan fingerprint density at radius 1 is 1.03 bits per heavy atom. The number of nitrogens with zero attached hydrogens (tertiary/aromatic N) is 3. The molecule has 1 aromatic rings. The molecule has 0 unspecified atom stereocenters. The van der Waals surface area contributed by atoms with Gasteiger partial charge in [0.05, 0.1) is 23.3 Å². The summed E-state index contributed by atoms with van der Waals surface area (Å²) in [5.41, 5.74) is -3.74. The quantitative estimate of drug-likeness (QED) is 0.637. The van der Waals surface area contributed by atoms with Gasteiger partial charge in [-0.25, -0.2) is 9.78 Å². The maximum atomic E-state index is 13.1. The molecule has 8 nitrogen and oxygen atoms in total. The van der Waals surface area contributed by atoms with E-state index in [-0.39, 0.29) is 68.9 Å². The van der Waals surface area contributed by atoms with Gasteiger partial charge < -0.3 is 24.6 Å². The lowest BCUT2D eigenvalue weighted by molar-refractivity contribution is -0.162. The van der Waals surface area contributed by atoms with Crippen LogP contribution in [0.4, 0.5) is 31.1 Å². The molecule has 3 saturated heterocycles. The molecule has 0 spiro atoms. The van der Waals surface area contributed by atoms with E-state index in [1.165, 1.54) is 0 Å². The van der Waals surface area contributed by atoms with Crippen molar-refractivity contribution in [2.24, 2.45) is 0 Å². The summed E-state index contributed by atoms with van der Waals surface area (Å²) < 4.78 is 89.0. The van der Waals surface area contributed by atoms with E-state index in [9.17, 15) is 35.9 Å². The number of hydrogen-bond donors (Lipinski definition) is 1. The Labute approximate surface area is 190 Å². The third-order valence-corrected chi connectivity index (χ3v) is 6.08. The van der Waals surface area contributed by atoms with Gasteiger partial charge in [0, 0.05) is 51.3 Å². The number of morpholine rings is 1. The molecular formula is C20H22F6N4O4. The van der Waals surface area contributed by atoms with Crippen molar-refractivity contribution < 1.29 is 45.4 Å². The molecule has 3 amide bonds. The number of hydrogen-bond acceptors (Lipinski definition) is 5. The van der Waals surface area contributed by atoms with Crippen molar-refractivity contribution in [2.45, 2.75) is 49.9 Å². The van der Waals surface area contributed by atoms with Gasteiger partial charge in [-0.15, -0.1) is 0 Å². The molecule has 0 aromatic carbocycles. The van der Waals surface area contributed by atoms with Gasteiger partial charge in [-0.3, -0.25) is 4.79 Å². The van der Waals surface area contributed by atoms with Crippen LogP contribution >= 0.6 is 0 Å². The van der Waals surface area contributed by atoms with Crippen molar-refractivity contribution in [3.05, 3.63) is 23.4 Å². The van der Waals surface area contributed by atoms with E-state index in [1.54, 1.807) is 9.80 Å². The summed E-state index contributed by atoms with van der Waals surface area (Å²) >= 11 is 0. The second kappa shape index (κ2) is 9.12. The molecule has 2 atom stereocenters. The number of rotatable bonds is 2. The van der Waals surface area contributed by atoms with Crippen LogP contribution in [0.5, 0.6) is 5.88 Å². The van der Waals surface area contributed by atoms with Crippen LogP contribution in [-0.2, 0) is 21.9 Å². The average molecular weight is 496 g/mol. The predicted octanol–water partition coefficient (Wildman–Crippen LogP) is 2.67.